The first-order chi connectivity index (χ1) is 8.16. The first-order valence-corrected chi connectivity index (χ1v) is 6.63. The summed E-state index contributed by atoms with van der Waals surface area (Å²) in [6.45, 7) is 8.24. The van der Waals surface area contributed by atoms with Crippen molar-refractivity contribution >= 4 is 21.7 Å². The maximum Gasteiger partial charge on any atom is 0.156 e. The Bertz CT molecular complexity index is 418. The molecule has 4 nitrogen and oxygen atoms in total. The lowest BCUT2D eigenvalue weighted by Crippen LogP contribution is -2.25. The number of ketones is 1. The number of Topliss-reactive ketones (excluding diaryl/α,β-unsaturated/α-hetero) is 1. The Morgan fingerprint density at radius 3 is 2.56 bits per heavy atom. The maximum atomic E-state index is 11.9. The molecule has 0 spiro atoms. The van der Waals surface area contributed by atoms with Gasteiger partial charge in [0, 0.05) is 18.6 Å². The molecule has 0 aromatic carbocycles. The third kappa shape index (κ3) is 3.92. The van der Waals surface area contributed by atoms with Crippen LogP contribution in [0, 0.1) is 0 Å². The van der Waals surface area contributed by atoms with E-state index in [9.17, 15) is 4.79 Å². The van der Waals surface area contributed by atoms with Crippen molar-refractivity contribution in [1.29, 1.82) is 0 Å². The van der Waals surface area contributed by atoms with Crippen LogP contribution < -0.4 is 0 Å². The van der Waals surface area contributed by atoms with Gasteiger partial charge in [0.05, 0.1) is 23.0 Å². The number of nitrogens with zero attached hydrogens (tertiary/aromatic N) is 1. The van der Waals surface area contributed by atoms with Gasteiger partial charge in [-0.1, -0.05) is 34.9 Å². The number of alkyl halides is 1. The van der Waals surface area contributed by atoms with Gasteiger partial charge in [0.2, 0.25) is 0 Å². The molecule has 1 heterocycles. The Hall–Kier alpha value is -0.680. The monoisotopic (exact) mass is 317 g/mol. The molecule has 0 bridgehead atoms. The summed E-state index contributed by atoms with van der Waals surface area (Å²) < 4.78 is 9.83. The SMILES string of the molecule is COCC(C)(C)c1cc(CC(=O)C(C)(C)Br)on1. The molecule has 1 aromatic heterocycles. The third-order valence-electron chi connectivity index (χ3n) is 2.76. The molecule has 5 heteroatoms. The van der Waals surface area contributed by atoms with E-state index in [1.54, 1.807) is 7.11 Å². The molecule has 0 saturated heterocycles. The number of aromatic nitrogens is 1. The molecule has 0 amide bonds. The van der Waals surface area contributed by atoms with E-state index < -0.39 is 4.32 Å². The summed E-state index contributed by atoms with van der Waals surface area (Å²) in [5.41, 5.74) is 0.586. The smallest absolute Gasteiger partial charge is 0.156 e. The predicted molar refractivity (Wildman–Crippen MR) is 73.1 cm³/mol. The Morgan fingerprint density at radius 1 is 1.44 bits per heavy atom. The van der Waals surface area contributed by atoms with Crippen LogP contribution in [0.2, 0.25) is 0 Å². The molecular formula is C13H20BrNO3. The van der Waals surface area contributed by atoms with E-state index in [1.165, 1.54) is 0 Å². The highest BCUT2D eigenvalue weighted by atomic mass is 79.9. The summed E-state index contributed by atoms with van der Waals surface area (Å²) in [6, 6.07) is 1.83. The van der Waals surface area contributed by atoms with Crippen molar-refractivity contribution in [2.75, 3.05) is 13.7 Å². The second-order valence-electron chi connectivity index (χ2n) is 5.57. The summed E-state index contributed by atoms with van der Waals surface area (Å²) in [5, 5.41) is 4.02. The second kappa shape index (κ2) is 5.53. The largest absolute Gasteiger partial charge is 0.384 e. The number of carbonyl (C=O) groups excluding carboxylic acids is 1. The number of rotatable bonds is 6. The highest BCUT2D eigenvalue weighted by Gasteiger charge is 2.28. The van der Waals surface area contributed by atoms with Crippen LogP contribution in [-0.2, 0) is 21.4 Å². The van der Waals surface area contributed by atoms with Gasteiger partial charge < -0.3 is 9.26 Å². The number of hydrogen-bond donors (Lipinski definition) is 0. The highest BCUT2D eigenvalue weighted by molar-refractivity contribution is 9.10. The topological polar surface area (TPSA) is 52.3 Å². The van der Waals surface area contributed by atoms with Gasteiger partial charge in [0.25, 0.3) is 0 Å². The van der Waals surface area contributed by atoms with Crippen LogP contribution in [0.5, 0.6) is 0 Å². The fraction of sp³-hybridized carbons (Fsp3) is 0.692. The van der Waals surface area contributed by atoms with Crippen LogP contribution in [0.25, 0.3) is 0 Å². The van der Waals surface area contributed by atoms with E-state index in [0.717, 1.165) is 5.69 Å². The van der Waals surface area contributed by atoms with Gasteiger partial charge >= 0.3 is 0 Å². The standard InChI is InChI=1S/C13H20BrNO3/c1-12(2,8-17-5)10-6-9(18-15-10)7-11(16)13(3,4)14/h6H,7-8H2,1-5H3. The molecule has 0 radical (unpaired) electrons. The molecule has 0 aliphatic carbocycles. The van der Waals surface area contributed by atoms with E-state index in [-0.39, 0.29) is 17.6 Å². The maximum absolute atomic E-state index is 11.9. The van der Waals surface area contributed by atoms with E-state index in [0.29, 0.717) is 12.4 Å². The first-order valence-electron chi connectivity index (χ1n) is 5.84. The average molecular weight is 318 g/mol. The van der Waals surface area contributed by atoms with E-state index in [2.05, 4.69) is 21.1 Å². The third-order valence-corrected chi connectivity index (χ3v) is 3.20. The summed E-state index contributed by atoms with van der Waals surface area (Å²) in [7, 11) is 1.65. The Morgan fingerprint density at radius 2 is 2.06 bits per heavy atom. The zero-order valence-electron chi connectivity index (χ0n) is 11.5. The molecule has 1 rings (SSSR count). The van der Waals surface area contributed by atoms with Gasteiger partial charge in [-0.2, -0.15) is 0 Å². The lowest BCUT2D eigenvalue weighted by atomic mass is 9.90. The van der Waals surface area contributed by atoms with Crippen LogP contribution in [0.15, 0.2) is 10.6 Å². The van der Waals surface area contributed by atoms with Gasteiger partial charge in [-0.05, 0) is 13.8 Å². The fourth-order valence-corrected chi connectivity index (χ4v) is 1.66. The quantitative estimate of drug-likeness (QED) is 0.757. The van der Waals surface area contributed by atoms with E-state index >= 15 is 0 Å². The molecule has 1 aromatic rings. The summed E-state index contributed by atoms with van der Waals surface area (Å²) in [5.74, 6) is 0.654. The number of hydrogen-bond acceptors (Lipinski definition) is 4. The normalized spacial score (nSPS) is 12.8. The number of methoxy groups -OCH3 is 1. The average Bonchev–Trinajstić information content (AvgIpc) is 2.65. The summed E-state index contributed by atoms with van der Waals surface area (Å²) >= 11 is 3.34. The lowest BCUT2D eigenvalue weighted by Gasteiger charge is -2.19. The Labute approximate surface area is 116 Å². The number of ether oxygens (including phenoxy) is 1. The van der Waals surface area contributed by atoms with Crippen molar-refractivity contribution in [1.82, 2.24) is 5.16 Å². The van der Waals surface area contributed by atoms with Crippen molar-refractivity contribution in [3.8, 4) is 0 Å². The van der Waals surface area contributed by atoms with E-state index in [1.807, 2.05) is 33.8 Å². The zero-order chi connectivity index (χ0) is 14.0. The van der Waals surface area contributed by atoms with Crippen molar-refractivity contribution in [2.45, 2.75) is 43.9 Å². The molecule has 0 aliphatic heterocycles. The Balaban J connectivity index is 2.79. The van der Waals surface area contributed by atoms with Gasteiger partial charge in [-0.15, -0.1) is 0 Å². The van der Waals surface area contributed by atoms with Gasteiger partial charge in [-0.25, -0.2) is 0 Å². The van der Waals surface area contributed by atoms with Crippen molar-refractivity contribution < 1.29 is 14.1 Å². The fourth-order valence-electron chi connectivity index (χ4n) is 1.52. The molecule has 0 atom stereocenters. The van der Waals surface area contributed by atoms with Crippen LogP contribution in [-0.4, -0.2) is 29.0 Å². The van der Waals surface area contributed by atoms with E-state index in [4.69, 9.17) is 9.26 Å². The van der Waals surface area contributed by atoms with Gasteiger partial charge in [-0.3, -0.25) is 4.79 Å². The van der Waals surface area contributed by atoms with Gasteiger partial charge in [0.1, 0.15) is 5.76 Å². The van der Waals surface area contributed by atoms with Crippen molar-refractivity contribution in [3.05, 3.63) is 17.5 Å². The highest BCUT2D eigenvalue weighted by Crippen LogP contribution is 2.25. The molecule has 0 unspecified atom stereocenters. The van der Waals surface area contributed by atoms with Crippen molar-refractivity contribution in [3.63, 3.8) is 0 Å². The second-order valence-corrected chi connectivity index (χ2v) is 7.55. The minimum Gasteiger partial charge on any atom is -0.384 e. The van der Waals surface area contributed by atoms with Crippen LogP contribution in [0.3, 0.4) is 0 Å². The molecule has 18 heavy (non-hydrogen) atoms. The predicted octanol–water partition coefficient (Wildman–Crippen LogP) is 2.88. The first kappa shape index (κ1) is 15.4. The molecular weight excluding hydrogens is 298 g/mol. The number of halogens is 1. The molecule has 0 saturated carbocycles. The lowest BCUT2D eigenvalue weighted by molar-refractivity contribution is -0.120. The minimum absolute atomic E-state index is 0.0646. The van der Waals surface area contributed by atoms with Crippen LogP contribution >= 0.6 is 15.9 Å². The minimum atomic E-state index is -0.540. The number of carbonyl (C=O) groups is 1. The Kier molecular flexibility index (Phi) is 4.72. The van der Waals surface area contributed by atoms with Crippen LogP contribution in [0.4, 0.5) is 0 Å². The summed E-state index contributed by atoms with van der Waals surface area (Å²) in [6.07, 6.45) is 0.244. The molecule has 0 N–H and O–H groups in total. The molecule has 102 valence electrons. The zero-order valence-corrected chi connectivity index (χ0v) is 13.1. The van der Waals surface area contributed by atoms with Crippen molar-refractivity contribution in [2.24, 2.45) is 0 Å². The molecule has 0 fully saturated rings. The van der Waals surface area contributed by atoms with Gasteiger partial charge in [0.15, 0.2) is 5.78 Å². The summed E-state index contributed by atoms with van der Waals surface area (Å²) in [4.78, 5) is 11.9. The van der Waals surface area contributed by atoms with Crippen LogP contribution in [0.1, 0.15) is 39.1 Å². The molecule has 0 aliphatic rings.